The van der Waals surface area contributed by atoms with Gasteiger partial charge in [-0.2, -0.15) is 0 Å². The highest BCUT2D eigenvalue weighted by molar-refractivity contribution is 5.94. The number of carboxylic acids is 1. The van der Waals surface area contributed by atoms with Crippen LogP contribution in [0.4, 0.5) is 0 Å². The molecule has 1 saturated heterocycles. The topological polar surface area (TPSA) is 188 Å². The molecule has 0 bridgehead atoms. The third-order valence-electron chi connectivity index (χ3n) is 4.35. The zero-order valence-electron chi connectivity index (χ0n) is 15.2. The number of hydrogen-bond donors (Lipinski definition) is 6. The molecule has 11 heteroatoms. The van der Waals surface area contributed by atoms with Crippen LogP contribution in [0.15, 0.2) is 0 Å². The Morgan fingerprint density at radius 2 is 1.93 bits per heavy atom. The van der Waals surface area contributed by atoms with Crippen molar-refractivity contribution in [2.45, 2.75) is 50.2 Å². The Morgan fingerprint density at radius 3 is 2.52 bits per heavy atom. The zero-order chi connectivity index (χ0) is 20.4. The third-order valence-corrected chi connectivity index (χ3v) is 4.35. The fourth-order valence-electron chi connectivity index (χ4n) is 2.91. The van der Waals surface area contributed by atoms with Crippen LogP contribution in [0.1, 0.15) is 32.1 Å². The summed E-state index contributed by atoms with van der Waals surface area (Å²) in [6.07, 6.45) is 2.54. The quantitative estimate of drug-likeness (QED) is 0.204. The van der Waals surface area contributed by atoms with Crippen molar-refractivity contribution in [3.8, 4) is 0 Å². The second-order valence-electron chi connectivity index (χ2n) is 6.44. The van der Waals surface area contributed by atoms with Gasteiger partial charge in [0, 0.05) is 6.54 Å². The van der Waals surface area contributed by atoms with Crippen LogP contribution >= 0.6 is 0 Å². The molecule has 0 aromatic rings. The lowest BCUT2D eigenvalue weighted by Crippen LogP contribution is -2.55. The summed E-state index contributed by atoms with van der Waals surface area (Å²) in [5.74, 6) is -2.83. The highest BCUT2D eigenvalue weighted by atomic mass is 16.4. The molecule has 1 aliphatic rings. The predicted octanol–water partition coefficient (Wildman–Crippen LogP) is -2.89. The van der Waals surface area contributed by atoms with Crippen molar-refractivity contribution in [1.29, 1.82) is 0 Å². The van der Waals surface area contributed by atoms with Crippen LogP contribution < -0.4 is 22.1 Å². The molecule has 0 radical (unpaired) electrons. The van der Waals surface area contributed by atoms with Gasteiger partial charge >= 0.3 is 5.97 Å². The van der Waals surface area contributed by atoms with Crippen LogP contribution in [0, 0.1) is 0 Å². The average molecular weight is 387 g/mol. The maximum Gasteiger partial charge on any atom is 0.322 e. The van der Waals surface area contributed by atoms with Crippen molar-refractivity contribution in [1.82, 2.24) is 15.5 Å². The minimum atomic E-state index is -1.19. The molecule has 0 aromatic heterocycles. The maximum atomic E-state index is 12.6. The summed E-state index contributed by atoms with van der Waals surface area (Å²) in [5.41, 5.74) is 11.0. The number of amides is 3. The number of likely N-dealkylation sites (tertiary alicyclic amines) is 1. The minimum absolute atomic E-state index is 0.297. The Morgan fingerprint density at radius 1 is 1.22 bits per heavy atom. The van der Waals surface area contributed by atoms with Crippen molar-refractivity contribution >= 4 is 23.7 Å². The highest BCUT2D eigenvalue weighted by Gasteiger charge is 2.37. The SMILES string of the molecule is NCCCCC(NC(=O)C1CCCN1C(=O)C(N)CO)C(=O)NCC(=O)O. The van der Waals surface area contributed by atoms with Crippen LogP contribution in [0.3, 0.4) is 0 Å². The Labute approximate surface area is 157 Å². The lowest BCUT2D eigenvalue weighted by Gasteiger charge is -2.27. The number of carboxylic acid groups (broad SMARTS) is 1. The molecule has 0 aromatic carbocycles. The molecule has 1 heterocycles. The summed E-state index contributed by atoms with van der Waals surface area (Å²) < 4.78 is 0. The molecule has 0 aliphatic carbocycles. The Bertz CT molecular complexity index is 543. The van der Waals surface area contributed by atoms with Crippen LogP contribution in [0.2, 0.25) is 0 Å². The van der Waals surface area contributed by atoms with Gasteiger partial charge in [0.1, 0.15) is 24.7 Å². The molecule has 11 nitrogen and oxygen atoms in total. The molecule has 3 atom stereocenters. The molecule has 1 rings (SSSR count). The fourth-order valence-corrected chi connectivity index (χ4v) is 2.91. The number of nitrogens with two attached hydrogens (primary N) is 2. The summed E-state index contributed by atoms with van der Waals surface area (Å²) in [7, 11) is 0. The number of rotatable bonds is 11. The van der Waals surface area contributed by atoms with Gasteiger partial charge in [-0.25, -0.2) is 0 Å². The number of carbonyl (C=O) groups is 4. The van der Waals surface area contributed by atoms with E-state index in [1.807, 2.05) is 0 Å². The van der Waals surface area contributed by atoms with Crippen molar-refractivity contribution in [2.75, 3.05) is 26.2 Å². The van der Waals surface area contributed by atoms with E-state index in [9.17, 15) is 19.2 Å². The molecule has 8 N–H and O–H groups in total. The van der Waals surface area contributed by atoms with Gasteiger partial charge in [-0.05, 0) is 38.6 Å². The summed E-state index contributed by atoms with van der Waals surface area (Å²) in [5, 5.41) is 22.6. The summed E-state index contributed by atoms with van der Waals surface area (Å²) >= 11 is 0. The summed E-state index contributed by atoms with van der Waals surface area (Å²) in [6.45, 7) is -0.306. The zero-order valence-corrected chi connectivity index (χ0v) is 15.2. The van der Waals surface area contributed by atoms with Gasteiger partial charge in [0.15, 0.2) is 0 Å². The van der Waals surface area contributed by atoms with E-state index in [1.54, 1.807) is 0 Å². The minimum Gasteiger partial charge on any atom is -0.480 e. The van der Waals surface area contributed by atoms with E-state index in [0.29, 0.717) is 45.2 Å². The molecular weight excluding hydrogens is 358 g/mol. The monoisotopic (exact) mass is 387 g/mol. The van der Waals surface area contributed by atoms with E-state index in [1.165, 1.54) is 4.90 Å². The predicted molar refractivity (Wildman–Crippen MR) is 95.3 cm³/mol. The van der Waals surface area contributed by atoms with Crippen molar-refractivity contribution in [3.63, 3.8) is 0 Å². The Kier molecular flexibility index (Phi) is 9.68. The smallest absolute Gasteiger partial charge is 0.322 e. The van der Waals surface area contributed by atoms with Crippen LogP contribution in [-0.4, -0.2) is 83.2 Å². The van der Waals surface area contributed by atoms with Crippen LogP contribution in [-0.2, 0) is 19.2 Å². The second kappa shape index (κ2) is 11.5. The van der Waals surface area contributed by atoms with Gasteiger partial charge in [0.05, 0.1) is 6.61 Å². The summed E-state index contributed by atoms with van der Waals surface area (Å²) in [4.78, 5) is 49.0. The number of aliphatic hydroxyl groups is 1. The molecule has 0 saturated carbocycles. The van der Waals surface area contributed by atoms with E-state index in [0.717, 1.165) is 0 Å². The van der Waals surface area contributed by atoms with Gasteiger partial charge < -0.3 is 37.2 Å². The van der Waals surface area contributed by atoms with E-state index >= 15 is 0 Å². The maximum absolute atomic E-state index is 12.6. The normalized spacial score (nSPS) is 18.6. The first kappa shape index (κ1) is 22.8. The first-order valence-electron chi connectivity index (χ1n) is 8.98. The van der Waals surface area contributed by atoms with Gasteiger partial charge in [-0.1, -0.05) is 0 Å². The van der Waals surface area contributed by atoms with Crippen molar-refractivity contribution < 1.29 is 29.4 Å². The van der Waals surface area contributed by atoms with Crippen LogP contribution in [0.25, 0.3) is 0 Å². The number of aliphatic hydroxyl groups excluding tert-OH is 1. The third kappa shape index (κ3) is 7.12. The van der Waals surface area contributed by atoms with E-state index < -0.39 is 55.0 Å². The number of carbonyl (C=O) groups excluding carboxylic acids is 3. The second-order valence-corrected chi connectivity index (χ2v) is 6.44. The molecular formula is C16H29N5O6. The Balaban J connectivity index is 2.76. The standard InChI is InChI=1S/C16H29N5O6/c17-6-2-1-4-11(14(25)19-8-13(23)24)20-15(26)12-5-3-7-21(12)16(27)10(18)9-22/h10-12,22H,1-9,17-18H2,(H,19,25)(H,20,26)(H,23,24). The molecule has 3 unspecified atom stereocenters. The van der Waals surface area contributed by atoms with E-state index in [2.05, 4.69) is 10.6 Å². The van der Waals surface area contributed by atoms with Crippen LogP contribution in [0.5, 0.6) is 0 Å². The van der Waals surface area contributed by atoms with Gasteiger partial charge in [0.25, 0.3) is 0 Å². The van der Waals surface area contributed by atoms with Crippen molar-refractivity contribution in [3.05, 3.63) is 0 Å². The highest BCUT2D eigenvalue weighted by Crippen LogP contribution is 2.18. The fraction of sp³-hybridized carbons (Fsp3) is 0.750. The van der Waals surface area contributed by atoms with E-state index in [-0.39, 0.29) is 0 Å². The average Bonchev–Trinajstić information content (AvgIpc) is 3.13. The number of aliphatic carboxylic acids is 1. The number of nitrogens with zero attached hydrogens (tertiary/aromatic N) is 1. The van der Waals surface area contributed by atoms with Gasteiger partial charge in [0.2, 0.25) is 17.7 Å². The molecule has 154 valence electrons. The van der Waals surface area contributed by atoms with Crippen molar-refractivity contribution in [2.24, 2.45) is 11.5 Å². The number of unbranched alkanes of at least 4 members (excludes halogenated alkanes) is 1. The number of nitrogens with one attached hydrogen (secondary N) is 2. The molecule has 1 fully saturated rings. The Hall–Kier alpha value is -2.24. The molecule has 1 aliphatic heterocycles. The first-order valence-corrected chi connectivity index (χ1v) is 8.98. The molecule has 3 amide bonds. The van der Waals surface area contributed by atoms with Gasteiger partial charge in [-0.15, -0.1) is 0 Å². The molecule has 0 spiro atoms. The lowest BCUT2D eigenvalue weighted by atomic mass is 10.1. The van der Waals surface area contributed by atoms with Gasteiger partial charge in [-0.3, -0.25) is 19.2 Å². The lowest BCUT2D eigenvalue weighted by molar-refractivity contribution is -0.141. The van der Waals surface area contributed by atoms with E-state index in [4.69, 9.17) is 21.7 Å². The summed E-state index contributed by atoms with van der Waals surface area (Å²) in [6, 6.07) is -2.80. The molecule has 27 heavy (non-hydrogen) atoms. The first-order chi connectivity index (χ1) is 12.8. The largest absolute Gasteiger partial charge is 0.480 e. The number of hydrogen-bond acceptors (Lipinski definition) is 7.